The van der Waals surface area contributed by atoms with Crippen LogP contribution in [0.15, 0.2) is 24.5 Å². The maximum atomic E-state index is 11.8. The van der Waals surface area contributed by atoms with Crippen LogP contribution in [-0.2, 0) is 11.8 Å². The second kappa shape index (κ2) is 4.57. The van der Waals surface area contributed by atoms with Crippen molar-refractivity contribution in [3.8, 4) is 0 Å². The zero-order valence-electron chi connectivity index (χ0n) is 10.5. The number of hydrogen-bond acceptors (Lipinski definition) is 2. The van der Waals surface area contributed by atoms with Crippen LogP contribution in [0.2, 0.25) is 0 Å². The highest BCUT2D eigenvalue weighted by Crippen LogP contribution is 2.20. The molecule has 0 fully saturated rings. The van der Waals surface area contributed by atoms with Gasteiger partial charge >= 0.3 is 0 Å². The van der Waals surface area contributed by atoms with Gasteiger partial charge in [0.1, 0.15) is 0 Å². The first kappa shape index (κ1) is 11.6. The highest BCUT2D eigenvalue weighted by Gasteiger charge is 2.11. The molecule has 0 spiro atoms. The summed E-state index contributed by atoms with van der Waals surface area (Å²) < 4.78 is 1.97. The Balaban J connectivity index is 2.33. The SMILES string of the molecule is CCCC(=O)N(C)c1ccc2c(c1)ncn2C. The molecule has 2 rings (SSSR count). The summed E-state index contributed by atoms with van der Waals surface area (Å²) >= 11 is 0. The molecule has 0 saturated carbocycles. The van der Waals surface area contributed by atoms with Gasteiger partial charge in [-0.15, -0.1) is 0 Å². The summed E-state index contributed by atoms with van der Waals surface area (Å²) in [5.74, 6) is 0.141. The third kappa shape index (κ3) is 2.16. The second-order valence-corrected chi connectivity index (χ2v) is 4.23. The van der Waals surface area contributed by atoms with E-state index in [-0.39, 0.29) is 5.91 Å². The van der Waals surface area contributed by atoms with Gasteiger partial charge in [-0.05, 0) is 24.6 Å². The normalized spacial score (nSPS) is 10.8. The molecule has 0 unspecified atom stereocenters. The predicted octanol–water partition coefficient (Wildman–Crippen LogP) is 2.34. The zero-order valence-corrected chi connectivity index (χ0v) is 10.5. The van der Waals surface area contributed by atoms with Gasteiger partial charge in [-0.1, -0.05) is 6.92 Å². The van der Waals surface area contributed by atoms with E-state index in [9.17, 15) is 4.79 Å². The van der Waals surface area contributed by atoms with Crippen molar-refractivity contribution < 1.29 is 4.79 Å². The topological polar surface area (TPSA) is 38.1 Å². The van der Waals surface area contributed by atoms with Gasteiger partial charge in [0.2, 0.25) is 5.91 Å². The highest BCUT2D eigenvalue weighted by atomic mass is 16.2. The molecule has 0 radical (unpaired) electrons. The molecule has 1 heterocycles. The quantitative estimate of drug-likeness (QED) is 0.813. The third-order valence-corrected chi connectivity index (χ3v) is 2.93. The minimum Gasteiger partial charge on any atom is -0.334 e. The van der Waals surface area contributed by atoms with Gasteiger partial charge in [-0.3, -0.25) is 4.79 Å². The lowest BCUT2D eigenvalue weighted by Crippen LogP contribution is -2.25. The van der Waals surface area contributed by atoms with Crippen molar-refractivity contribution in [1.29, 1.82) is 0 Å². The van der Waals surface area contributed by atoms with E-state index >= 15 is 0 Å². The highest BCUT2D eigenvalue weighted by molar-refractivity contribution is 5.94. The lowest BCUT2D eigenvalue weighted by Gasteiger charge is -2.16. The van der Waals surface area contributed by atoms with Gasteiger partial charge in [0.05, 0.1) is 17.4 Å². The summed E-state index contributed by atoms with van der Waals surface area (Å²) in [6.45, 7) is 2.01. The van der Waals surface area contributed by atoms with Crippen LogP contribution in [-0.4, -0.2) is 22.5 Å². The van der Waals surface area contributed by atoms with E-state index in [0.29, 0.717) is 6.42 Å². The fourth-order valence-corrected chi connectivity index (χ4v) is 1.86. The number of anilines is 1. The van der Waals surface area contributed by atoms with Crippen molar-refractivity contribution >= 4 is 22.6 Å². The van der Waals surface area contributed by atoms with E-state index < -0.39 is 0 Å². The first-order valence-electron chi connectivity index (χ1n) is 5.81. The Hall–Kier alpha value is -1.84. The van der Waals surface area contributed by atoms with Crippen molar-refractivity contribution in [2.45, 2.75) is 19.8 Å². The Morgan fingerprint density at radius 2 is 2.24 bits per heavy atom. The standard InChI is InChI=1S/C13H17N3O/c1-4-5-13(17)16(3)10-6-7-12-11(8-10)14-9-15(12)2/h6-9H,4-5H2,1-3H3. The summed E-state index contributed by atoms with van der Waals surface area (Å²) in [5.41, 5.74) is 2.89. The second-order valence-electron chi connectivity index (χ2n) is 4.23. The summed E-state index contributed by atoms with van der Waals surface area (Å²) in [6.07, 6.45) is 3.23. The smallest absolute Gasteiger partial charge is 0.226 e. The molecule has 2 aromatic rings. The van der Waals surface area contributed by atoms with Crippen LogP contribution in [0, 0.1) is 0 Å². The zero-order chi connectivity index (χ0) is 12.4. The molecule has 1 aromatic heterocycles. The van der Waals surface area contributed by atoms with Gasteiger partial charge in [0.25, 0.3) is 0 Å². The van der Waals surface area contributed by atoms with E-state index in [4.69, 9.17) is 0 Å². The molecular weight excluding hydrogens is 214 g/mol. The average molecular weight is 231 g/mol. The van der Waals surface area contributed by atoms with Crippen LogP contribution in [0.1, 0.15) is 19.8 Å². The van der Waals surface area contributed by atoms with E-state index in [2.05, 4.69) is 4.98 Å². The molecule has 17 heavy (non-hydrogen) atoms. The molecule has 0 bridgehead atoms. The lowest BCUT2D eigenvalue weighted by atomic mass is 10.2. The van der Waals surface area contributed by atoms with Crippen LogP contribution < -0.4 is 4.90 Å². The van der Waals surface area contributed by atoms with E-state index in [1.165, 1.54) is 0 Å². The molecular formula is C13H17N3O. The van der Waals surface area contributed by atoms with Crippen molar-refractivity contribution in [3.05, 3.63) is 24.5 Å². The molecule has 0 saturated heterocycles. The minimum atomic E-state index is 0.141. The van der Waals surface area contributed by atoms with Crippen molar-refractivity contribution in [2.24, 2.45) is 7.05 Å². The Morgan fingerprint density at radius 1 is 1.47 bits per heavy atom. The third-order valence-electron chi connectivity index (χ3n) is 2.93. The number of rotatable bonds is 3. The first-order chi connectivity index (χ1) is 8.13. The summed E-state index contributed by atoms with van der Waals surface area (Å²) in [7, 11) is 3.77. The molecule has 1 amide bonds. The Bertz CT molecular complexity index is 545. The maximum Gasteiger partial charge on any atom is 0.226 e. The Labute approximate surface area is 101 Å². The number of aromatic nitrogens is 2. The first-order valence-corrected chi connectivity index (χ1v) is 5.81. The lowest BCUT2D eigenvalue weighted by molar-refractivity contribution is -0.118. The number of carbonyl (C=O) groups is 1. The van der Waals surface area contributed by atoms with Crippen molar-refractivity contribution in [2.75, 3.05) is 11.9 Å². The average Bonchev–Trinajstić information content (AvgIpc) is 2.70. The predicted molar refractivity (Wildman–Crippen MR) is 69.0 cm³/mol. The molecule has 4 heteroatoms. The van der Waals surface area contributed by atoms with Crippen LogP contribution >= 0.6 is 0 Å². The van der Waals surface area contributed by atoms with E-state index in [1.54, 1.807) is 11.2 Å². The van der Waals surface area contributed by atoms with Crippen LogP contribution in [0.3, 0.4) is 0 Å². The Kier molecular flexibility index (Phi) is 3.13. The number of fused-ring (bicyclic) bond motifs is 1. The van der Waals surface area contributed by atoms with Crippen LogP contribution in [0.25, 0.3) is 11.0 Å². The molecule has 1 aromatic carbocycles. The fraction of sp³-hybridized carbons (Fsp3) is 0.385. The monoisotopic (exact) mass is 231 g/mol. The number of benzene rings is 1. The van der Waals surface area contributed by atoms with Gasteiger partial charge in [-0.2, -0.15) is 0 Å². The van der Waals surface area contributed by atoms with E-state index in [1.807, 2.05) is 43.8 Å². The van der Waals surface area contributed by atoms with Crippen LogP contribution in [0.5, 0.6) is 0 Å². The Morgan fingerprint density at radius 3 is 2.94 bits per heavy atom. The minimum absolute atomic E-state index is 0.141. The number of carbonyl (C=O) groups excluding carboxylic acids is 1. The largest absolute Gasteiger partial charge is 0.334 e. The van der Waals surface area contributed by atoms with Gasteiger partial charge < -0.3 is 9.47 Å². The van der Waals surface area contributed by atoms with Gasteiger partial charge in [-0.25, -0.2) is 4.98 Å². The molecule has 0 aliphatic rings. The molecule has 0 aliphatic heterocycles. The van der Waals surface area contributed by atoms with Gasteiger partial charge in [0, 0.05) is 26.2 Å². The summed E-state index contributed by atoms with van der Waals surface area (Å²) in [5, 5.41) is 0. The number of imidazole rings is 1. The van der Waals surface area contributed by atoms with Crippen molar-refractivity contribution in [3.63, 3.8) is 0 Å². The molecule has 0 aliphatic carbocycles. The molecule has 0 atom stereocenters. The van der Waals surface area contributed by atoms with Crippen molar-refractivity contribution in [1.82, 2.24) is 9.55 Å². The van der Waals surface area contributed by atoms with E-state index in [0.717, 1.165) is 23.1 Å². The van der Waals surface area contributed by atoms with Gasteiger partial charge in [0.15, 0.2) is 0 Å². The fourth-order valence-electron chi connectivity index (χ4n) is 1.86. The number of amides is 1. The number of aryl methyl sites for hydroxylation is 1. The summed E-state index contributed by atoms with van der Waals surface area (Å²) in [4.78, 5) is 17.8. The molecule has 0 N–H and O–H groups in total. The molecule has 90 valence electrons. The summed E-state index contributed by atoms with van der Waals surface area (Å²) in [6, 6.07) is 5.90. The molecule has 4 nitrogen and oxygen atoms in total. The number of nitrogens with zero attached hydrogens (tertiary/aromatic N) is 3. The maximum absolute atomic E-state index is 11.8. The number of hydrogen-bond donors (Lipinski definition) is 0. The van der Waals surface area contributed by atoms with Crippen LogP contribution in [0.4, 0.5) is 5.69 Å².